The first-order valence-corrected chi connectivity index (χ1v) is 6.45. The number of nitrogens with two attached hydrogens (primary N) is 1. The van der Waals surface area contributed by atoms with Crippen LogP contribution >= 0.6 is 0 Å². The predicted molar refractivity (Wildman–Crippen MR) is 73.5 cm³/mol. The molecule has 1 aromatic carbocycles. The van der Waals surface area contributed by atoms with Crippen molar-refractivity contribution in [3.63, 3.8) is 0 Å². The topological polar surface area (TPSA) is 58.4 Å². The average Bonchev–Trinajstić information content (AvgIpc) is 2.86. The predicted octanol–water partition coefficient (Wildman–Crippen LogP) is 1.17. The highest BCUT2D eigenvalue weighted by Crippen LogP contribution is 2.29. The van der Waals surface area contributed by atoms with Crippen molar-refractivity contribution in [2.75, 3.05) is 18.5 Å². The van der Waals surface area contributed by atoms with Crippen LogP contribution in [-0.2, 0) is 11.3 Å². The molecule has 1 aromatic rings. The normalized spacial score (nSPS) is 19.1. The van der Waals surface area contributed by atoms with Crippen molar-refractivity contribution in [3.05, 3.63) is 29.3 Å². The lowest BCUT2D eigenvalue weighted by atomic mass is 10.1. The molecule has 0 aromatic heterocycles. The Kier molecular flexibility index (Phi) is 3.87. The second-order valence-electron chi connectivity index (χ2n) is 4.79. The van der Waals surface area contributed by atoms with Crippen molar-refractivity contribution in [3.8, 4) is 0 Å². The lowest BCUT2D eigenvalue weighted by Crippen LogP contribution is -2.42. The van der Waals surface area contributed by atoms with Crippen LogP contribution in [0.15, 0.2) is 18.2 Å². The van der Waals surface area contributed by atoms with Gasteiger partial charge in [-0.25, -0.2) is 0 Å². The van der Waals surface area contributed by atoms with Gasteiger partial charge in [-0.1, -0.05) is 12.1 Å². The molecule has 18 heavy (non-hydrogen) atoms. The Morgan fingerprint density at radius 2 is 2.33 bits per heavy atom. The summed E-state index contributed by atoms with van der Waals surface area (Å²) in [5.41, 5.74) is 9.11. The number of hydrogen-bond acceptors (Lipinski definition) is 3. The third kappa shape index (κ3) is 2.34. The highest BCUT2D eigenvalue weighted by Gasteiger charge is 2.30. The summed E-state index contributed by atoms with van der Waals surface area (Å²) in [6, 6.07) is 6.20. The van der Waals surface area contributed by atoms with E-state index < -0.39 is 0 Å². The number of anilines is 1. The van der Waals surface area contributed by atoms with Gasteiger partial charge in [0.15, 0.2) is 0 Å². The zero-order valence-corrected chi connectivity index (χ0v) is 11.1. The van der Waals surface area contributed by atoms with Crippen LogP contribution in [0.25, 0.3) is 0 Å². The van der Waals surface area contributed by atoms with Gasteiger partial charge < -0.3 is 16.0 Å². The van der Waals surface area contributed by atoms with E-state index in [4.69, 9.17) is 5.73 Å². The standard InChI is InChI=1S/C14H21N3O/c1-10-8-11(9-15)5-6-12(10)17-7-3-4-13(17)14(18)16-2/h5-6,8,13H,3-4,7,9,15H2,1-2H3,(H,16,18). The van der Waals surface area contributed by atoms with Crippen LogP contribution in [0.2, 0.25) is 0 Å². The maximum Gasteiger partial charge on any atom is 0.242 e. The molecule has 4 heteroatoms. The minimum atomic E-state index is -0.0302. The van der Waals surface area contributed by atoms with Gasteiger partial charge in [0.05, 0.1) is 0 Å². The minimum Gasteiger partial charge on any atom is -0.359 e. The first-order chi connectivity index (χ1) is 8.67. The summed E-state index contributed by atoms with van der Waals surface area (Å²) in [6.45, 7) is 3.58. The van der Waals surface area contributed by atoms with E-state index in [-0.39, 0.29) is 11.9 Å². The van der Waals surface area contributed by atoms with Gasteiger partial charge >= 0.3 is 0 Å². The quantitative estimate of drug-likeness (QED) is 0.843. The molecular weight excluding hydrogens is 226 g/mol. The monoisotopic (exact) mass is 247 g/mol. The summed E-state index contributed by atoms with van der Waals surface area (Å²) >= 11 is 0. The number of carbonyl (C=O) groups is 1. The van der Waals surface area contributed by atoms with E-state index >= 15 is 0 Å². The Morgan fingerprint density at radius 1 is 1.56 bits per heavy atom. The molecule has 4 nitrogen and oxygen atoms in total. The smallest absolute Gasteiger partial charge is 0.242 e. The van der Waals surface area contributed by atoms with Crippen LogP contribution in [0.5, 0.6) is 0 Å². The number of amides is 1. The summed E-state index contributed by atoms with van der Waals surface area (Å²) in [5.74, 6) is 0.106. The molecule has 3 N–H and O–H groups in total. The van der Waals surface area contributed by atoms with E-state index in [1.54, 1.807) is 7.05 Å². The number of hydrogen-bond donors (Lipinski definition) is 2. The molecule has 0 aliphatic carbocycles. The van der Waals surface area contributed by atoms with E-state index in [0.29, 0.717) is 6.54 Å². The van der Waals surface area contributed by atoms with E-state index in [2.05, 4.69) is 29.3 Å². The van der Waals surface area contributed by atoms with Crippen LogP contribution in [0.1, 0.15) is 24.0 Å². The molecule has 1 fully saturated rings. The highest BCUT2D eigenvalue weighted by atomic mass is 16.2. The van der Waals surface area contributed by atoms with Crippen LogP contribution in [0, 0.1) is 6.92 Å². The average molecular weight is 247 g/mol. The fourth-order valence-corrected chi connectivity index (χ4v) is 2.66. The number of nitrogens with one attached hydrogen (secondary N) is 1. The second kappa shape index (κ2) is 5.40. The van der Waals surface area contributed by atoms with Crippen LogP contribution in [0.3, 0.4) is 0 Å². The molecule has 1 unspecified atom stereocenters. The first kappa shape index (κ1) is 12.9. The maximum atomic E-state index is 11.9. The summed E-state index contributed by atoms with van der Waals surface area (Å²) in [7, 11) is 1.70. The number of carbonyl (C=O) groups excluding carboxylic acids is 1. The summed E-state index contributed by atoms with van der Waals surface area (Å²) in [4.78, 5) is 14.1. The van der Waals surface area contributed by atoms with Gasteiger partial charge in [-0.15, -0.1) is 0 Å². The molecule has 1 aliphatic rings. The molecule has 0 spiro atoms. The second-order valence-corrected chi connectivity index (χ2v) is 4.79. The lowest BCUT2D eigenvalue weighted by Gasteiger charge is -2.27. The Bertz CT molecular complexity index is 445. The number of rotatable bonds is 3. The third-order valence-electron chi connectivity index (χ3n) is 3.61. The molecule has 2 rings (SSSR count). The van der Waals surface area contributed by atoms with Crippen molar-refractivity contribution < 1.29 is 4.79 Å². The SMILES string of the molecule is CNC(=O)C1CCCN1c1ccc(CN)cc1C. The summed E-state index contributed by atoms with van der Waals surface area (Å²) < 4.78 is 0. The molecule has 1 heterocycles. The Morgan fingerprint density at radius 3 is 2.94 bits per heavy atom. The zero-order chi connectivity index (χ0) is 13.1. The molecule has 0 saturated carbocycles. The molecule has 1 amide bonds. The van der Waals surface area contributed by atoms with E-state index in [1.807, 2.05) is 6.07 Å². The van der Waals surface area contributed by atoms with Gasteiger partial charge in [-0.2, -0.15) is 0 Å². The van der Waals surface area contributed by atoms with Gasteiger partial charge in [-0.3, -0.25) is 4.79 Å². The van der Waals surface area contributed by atoms with Gasteiger partial charge in [0.1, 0.15) is 6.04 Å². The van der Waals surface area contributed by atoms with Crippen molar-refractivity contribution in [2.24, 2.45) is 5.73 Å². The lowest BCUT2D eigenvalue weighted by molar-refractivity contribution is -0.121. The van der Waals surface area contributed by atoms with E-state index in [1.165, 1.54) is 5.56 Å². The van der Waals surface area contributed by atoms with Crippen molar-refractivity contribution in [2.45, 2.75) is 32.4 Å². The van der Waals surface area contributed by atoms with Crippen LogP contribution < -0.4 is 16.0 Å². The van der Waals surface area contributed by atoms with Gasteiger partial charge in [0.25, 0.3) is 0 Å². The maximum absolute atomic E-state index is 11.9. The van der Waals surface area contributed by atoms with Gasteiger partial charge in [0, 0.05) is 25.8 Å². The molecule has 1 aliphatic heterocycles. The molecular formula is C14H21N3O. The first-order valence-electron chi connectivity index (χ1n) is 6.45. The molecule has 98 valence electrons. The molecule has 0 radical (unpaired) electrons. The Balaban J connectivity index is 2.27. The van der Waals surface area contributed by atoms with Crippen molar-refractivity contribution in [1.29, 1.82) is 0 Å². The Hall–Kier alpha value is -1.55. The van der Waals surface area contributed by atoms with E-state index in [9.17, 15) is 4.79 Å². The van der Waals surface area contributed by atoms with Crippen molar-refractivity contribution in [1.82, 2.24) is 5.32 Å². The van der Waals surface area contributed by atoms with Crippen LogP contribution in [-0.4, -0.2) is 25.5 Å². The Labute approximate surface area is 108 Å². The van der Waals surface area contributed by atoms with Crippen LogP contribution in [0.4, 0.5) is 5.69 Å². The fourth-order valence-electron chi connectivity index (χ4n) is 2.66. The van der Waals surface area contributed by atoms with Gasteiger partial charge in [-0.05, 0) is 37.0 Å². The number of aryl methyl sites for hydroxylation is 1. The molecule has 1 saturated heterocycles. The highest BCUT2D eigenvalue weighted by molar-refractivity contribution is 5.86. The number of nitrogens with zero attached hydrogens (tertiary/aromatic N) is 1. The van der Waals surface area contributed by atoms with E-state index in [0.717, 1.165) is 30.6 Å². The fraction of sp³-hybridized carbons (Fsp3) is 0.500. The summed E-state index contributed by atoms with van der Waals surface area (Å²) in [5, 5.41) is 2.75. The van der Waals surface area contributed by atoms with Crippen molar-refractivity contribution >= 4 is 11.6 Å². The number of benzene rings is 1. The number of likely N-dealkylation sites (N-methyl/N-ethyl adjacent to an activating group) is 1. The minimum absolute atomic E-state index is 0.0302. The largest absolute Gasteiger partial charge is 0.359 e. The molecule has 0 bridgehead atoms. The molecule has 1 atom stereocenters. The summed E-state index contributed by atoms with van der Waals surface area (Å²) in [6.07, 6.45) is 1.99. The van der Waals surface area contributed by atoms with Gasteiger partial charge in [0.2, 0.25) is 5.91 Å². The third-order valence-corrected chi connectivity index (χ3v) is 3.61. The zero-order valence-electron chi connectivity index (χ0n) is 11.1.